The van der Waals surface area contributed by atoms with Crippen molar-refractivity contribution in [2.45, 2.75) is 26.7 Å². The zero-order valence-electron chi connectivity index (χ0n) is 15.6. The van der Waals surface area contributed by atoms with E-state index in [2.05, 4.69) is 0 Å². The summed E-state index contributed by atoms with van der Waals surface area (Å²) >= 11 is 0. The van der Waals surface area contributed by atoms with Gasteiger partial charge in [0.15, 0.2) is 23.0 Å². The number of para-hydroxylation sites is 2. The predicted octanol–water partition coefficient (Wildman–Crippen LogP) is 4.12. The van der Waals surface area contributed by atoms with Crippen molar-refractivity contribution in [3.8, 4) is 29.1 Å². The van der Waals surface area contributed by atoms with Gasteiger partial charge in [-0.3, -0.25) is 4.79 Å². The number of hydrogen-bond donors (Lipinski definition) is 0. The SMILES string of the molecule is CCOc1ccccc1OCCCC(=O)Oc1ccc(C#N)cc1OCC. The van der Waals surface area contributed by atoms with Crippen LogP contribution in [0.15, 0.2) is 42.5 Å². The third kappa shape index (κ3) is 6.23. The molecule has 0 saturated heterocycles. The molecule has 0 spiro atoms. The summed E-state index contributed by atoms with van der Waals surface area (Å²) in [5.41, 5.74) is 0.444. The van der Waals surface area contributed by atoms with E-state index in [0.717, 1.165) is 0 Å². The Kier molecular flexibility index (Phi) is 7.98. The molecule has 0 radical (unpaired) electrons. The van der Waals surface area contributed by atoms with Crippen molar-refractivity contribution in [3.63, 3.8) is 0 Å². The highest BCUT2D eigenvalue weighted by molar-refractivity contribution is 5.73. The highest BCUT2D eigenvalue weighted by Crippen LogP contribution is 2.29. The van der Waals surface area contributed by atoms with Crippen molar-refractivity contribution in [1.29, 1.82) is 5.26 Å². The van der Waals surface area contributed by atoms with Gasteiger partial charge in [0, 0.05) is 12.5 Å². The van der Waals surface area contributed by atoms with Crippen LogP contribution in [0, 0.1) is 11.3 Å². The Labute approximate surface area is 159 Å². The van der Waals surface area contributed by atoms with E-state index in [1.165, 1.54) is 0 Å². The van der Waals surface area contributed by atoms with E-state index in [0.29, 0.717) is 54.8 Å². The van der Waals surface area contributed by atoms with Gasteiger partial charge < -0.3 is 18.9 Å². The monoisotopic (exact) mass is 369 g/mol. The first-order chi connectivity index (χ1) is 13.2. The van der Waals surface area contributed by atoms with E-state index in [9.17, 15) is 4.79 Å². The van der Waals surface area contributed by atoms with Crippen LogP contribution in [0.4, 0.5) is 0 Å². The third-order valence-electron chi connectivity index (χ3n) is 3.53. The molecule has 2 aromatic rings. The Bertz CT molecular complexity index is 797. The molecule has 0 unspecified atom stereocenters. The standard InChI is InChI=1S/C21H23NO5/c1-3-24-17-8-5-6-9-18(17)26-13-7-10-21(23)27-19-12-11-16(15-22)14-20(19)25-4-2/h5-6,8-9,11-12,14H,3-4,7,10,13H2,1-2H3. The molecule has 0 aliphatic carbocycles. The zero-order valence-corrected chi connectivity index (χ0v) is 15.6. The quantitative estimate of drug-likeness (QED) is 0.356. The topological polar surface area (TPSA) is 77.8 Å². The number of carbonyl (C=O) groups is 1. The fourth-order valence-corrected chi connectivity index (χ4v) is 2.35. The average molecular weight is 369 g/mol. The summed E-state index contributed by atoms with van der Waals surface area (Å²) in [6.07, 6.45) is 0.696. The summed E-state index contributed by atoms with van der Waals surface area (Å²) in [5.74, 6) is 1.64. The van der Waals surface area contributed by atoms with Gasteiger partial charge in [-0.25, -0.2) is 0 Å². The Morgan fingerprint density at radius 3 is 2.26 bits per heavy atom. The van der Waals surface area contributed by atoms with Crippen LogP contribution >= 0.6 is 0 Å². The number of rotatable bonds is 10. The van der Waals surface area contributed by atoms with E-state index < -0.39 is 0 Å². The maximum Gasteiger partial charge on any atom is 0.311 e. The van der Waals surface area contributed by atoms with E-state index in [1.54, 1.807) is 18.2 Å². The largest absolute Gasteiger partial charge is 0.490 e. The normalized spacial score (nSPS) is 9.96. The molecule has 2 aromatic carbocycles. The lowest BCUT2D eigenvalue weighted by Gasteiger charge is -2.12. The second-order valence-electron chi connectivity index (χ2n) is 5.51. The van der Waals surface area contributed by atoms with Gasteiger partial charge >= 0.3 is 5.97 Å². The number of nitrogens with zero attached hydrogens (tertiary/aromatic N) is 1. The lowest BCUT2D eigenvalue weighted by atomic mass is 10.2. The number of carbonyl (C=O) groups excluding carboxylic acids is 1. The minimum atomic E-state index is -0.387. The lowest BCUT2D eigenvalue weighted by molar-refractivity contribution is -0.134. The fourth-order valence-electron chi connectivity index (χ4n) is 2.35. The van der Waals surface area contributed by atoms with Crippen molar-refractivity contribution < 1.29 is 23.7 Å². The van der Waals surface area contributed by atoms with E-state index in [-0.39, 0.29) is 12.4 Å². The Balaban J connectivity index is 1.84. The van der Waals surface area contributed by atoms with Crippen molar-refractivity contribution >= 4 is 5.97 Å². The summed E-state index contributed by atoms with van der Waals surface area (Å²) in [6.45, 7) is 5.06. The van der Waals surface area contributed by atoms with Gasteiger partial charge in [-0.05, 0) is 44.5 Å². The molecule has 0 atom stereocenters. The first-order valence-corrected chi connectivity index (χ1v) is 8.90. The molecule has 0 aromatic heterocycles. The second kappa shape index (κ2) is 10.7. The van der Waals surface area contributed by atoms with Crippen LogP contribution in [0.1, 0.15) is 32.3 Å². The molecule has 0 N–H and O–H groups in total. The highest BCUT2D eigenvalue weighted by Gasteiger charge is 2.12. The molecule has 6 nitrogen and oxygen atoms in total. The maximum absolute atomic E-state index is 12.1. The summed E-state index contributed by atoms with van der Waals surface area (Å²) in [6, 6.07) is 14.1. The molecule has 0 saturated carbocycles. The number of nitriles is 1. The zero-order chi connectivity index (χ0) is 19.5. The van der Waals surface area contributed by atoms with Crippen molar-refractivity contribution in [2.24, 2.45) is 0 Å². The Hall–Kier alpha value is -3.20. The Morgan fingerprint density at radius 2 is 1.59 bits per heavy atom. The number of hydrogen-bond acceptors (Lipinski definition) is 6. The molecule has 0 bridgehead atoms. The van der Waals surface area contributed by atoms with Crippen LogP contribution in [0.5, 0.6) is 23.0 Å². The molecule has 0 fully saturated rings. The van der Waals surface area contributed by atoms with Crippen LogP contribution in [-0.2, 0) is 4.79 Å². The molecule has 6 heteroatoms. The smallest absolute Gasteiger partial charge is 0.311 e. The van der Waals surface area contributed by atoms with Crippen molar-refractivity contribution in [2.75, 3.05) is 19.8 Å². The van der Waals surface area contributed by atoms with Crippen LogP contribution in [0.25, 0.3) is 0 Å². The highest BCUT2D eigenvalue weighted by atomic mass is 16.6. The van der Waals surface area contributed by atoms with Gasteiger partial charge in [0.2, 0.25) is 0 Å². The van der Waals surface area contributed by atoms with E-state index >= 15 is 0 Å². The van der Waals surface area contributed by atoms with Crippen LogP contribution in [-0.4, -0.2) is 25.8 Å². The van der Waals surface area contributed by atoms with Gasteiger partial charge in [-0.1, -0.05) is 12.1 Å². The molecule has 0 aliphatic heterocycles. The molecule has 0 heterocycles. The number of esters is 1. The van der Waals surface area contributed by atoms with Crippen molar-refractivity contribution in [3.05, 3.63) is 48.0 Å². The molecular formula is C21H23NO5. The average Bonchev–Trinajstić information content (AvgIpc) is 2.68. The van der Waals surface area contributed by atoms with Gasteiger partial charge in [0.05, 0.1) is 31.5 Å². The molecule has 0 amide bonds. The first-order valence-electron chi connectivity index (χ1n) is 8.90. The van der Waals surface area contributed by atoms with E-state index in [1.807, 2.05) is 44.2 Å². The molecule has 27 heavy (non-hydrogen) atoms. The minimum Gasteiger partial charge on any atom is -0.490 e. The maximum atomic E-state index is 12.1. The number of benzene rings is 2. The van der Waals surface area contributed by atoms with Gasteiger partial charge in [0.25, 0.3) is 0 Å². The lowest BCUT2D eigenvalue weighted by Crippen LogP contribution is -2.11. The van der Waals surface area contributed by atoms with Gasteiger partial charge in [-0.2, -0.15) is 5.26 Å². The summed E-state index contributed by atoms with van der Waals surface area (Å²) in [4.78, 5) is 12.1. The van der Waals surface area contributed by atoms with Crippen LogP contribution < -0.4 is 18.9 Å². The molecule has 0 aliphatic rings. The van der Waals surface area contributed by atoms with Gasteiger partial charge in [-0.15, -0.1) is 0 Å². The third-order valence-corrected chi connectivity index (χ3v) is 3.53. The molecular weight excluding hydrogens is 346 g/mol. The molecule has 142 valence electrons. The summed E-state index contributed by atoms with van der Waals surface area (Å²) < 4.78 is 22.0. The van der Waals surface area contributed by atoms with Crippen LogP contribution in [0.3, 0.4) is 0 Å². The minimum absolute atomic E-state index is 0.197. The number of ether oxygens (including phenoxy) is 4. The second-order valence-corrected chi connectivity index (χ2v) is 5.51. The summed E-state index contributed by atoms with van der Waals surface area (Å²) in [7, 11) is 0. The van der Waals surface area contributed by atoms with Crippen LogP contribution in [0.2, 0.25) is 0 Å². The summed E-state index contributed by atoms with van der Waals surface area (Å²) in [5, 5.41) is 8.96. The fraction of sp³-hybridized carbons (Fsp3) is 0.333. The van der Waals surface area contributed by atoms with Crippen molar-refractivity contribution in [1.82, 2.24) is 0 Å². The van der Waals surface area contributed by atoms with Gasteiger partial charge in [0.1, 0.15) is 0 Å². The first kappa shape index (κ1) is 20.1. The Morgan fingerprint density at radius 1 is 0.926 bits per heavy atom. The predicted molar refractivity (Wildman–Crippen MR) is 100 cm³/mol. The molecule has 2 rings (SSSR count). The van der Waals surface area contributed by atoms with E-state index in [4.69, 9.17) is 24.2 Å².